The van der Waals surface area contributed by atoms with Crippen LogP contribution < -0.4 is 5.32 Å². The van der Waals surface area contributed by atoms with Gasteiger partial charge in [0.15, 0.2) is 0 Å². The van der Waals surface area contributed by atoms with Gasteiger partial charge >= 0.3 is 0 Å². The SMILES string of the molecule is CCCC[C@H](O)[C@H]1CNC[C@@H](C)O1. The van der Waals surface area contributed by atoms with Crippen molar-refractivity contribution in [3.63, 3.8) is 0 Å². The lowest BCUT2D eigenvalue weighted by Gasteiger charge is -2.31. The first-order valence-corrected chi connectivity index (χ1v) is 5.28. The zero-order valence-electron chi connectivity index (χ0n) is 8.62. The van der Waals surface area contributed by atoms with Gasteiger partial charge in [-0.1, -0.05) is 19.8 Å². The van der Waals surface area contributed by atoms with E-state index in [1.165, 1.54) is 0 Å². The number of hydrogen-bond donors (Lipinski definition) is 2. The Morgan fingerprint density at radius 2 is 2.31 bits per heavy atom. The van der Waals surface area contributed by atoms with E-state index in [-0.39, 0.29) is 18.3 Å². The van der Waals surface area contributed by atoms with Gasteiger partial charge in [0.05, 0.1) is 18.3 Å². The van der Waals surface area contributed by atoms with Crippen LogP contribution in [0.2, 0.25) is 0 Å². The Bertz CT molecular complexity index is 141. The van der Waals surface area contributed by atoms with Crippen molar-refractivity contribution in [1.82, 2.24) is 5.32 Å². The molecule has 1 heterocycles. The van der Waals surface area contributed by atoms with Crippen molar-refractivity contribution in [3.05, 3.63) is 0 Å². The normalized spacial score (nSPS) is 31.6. The number of nitrogens with one attached hydrogen (secondary N) is 1. The van der Waals surface area contributed by atoms with Crippen molar-refractivity contribution in [2.24, 2.45) is 0 Å². The molecule has 3 nitrogen and oxygen atoms in total. The molecular weight excluding hydrogens is 166 g/mol. The summed E-state index contributed by atoms with van der Waals surface area (Å²) in [6.07, 6.45) is 3.00. The molecule has 0 bridgehead atoms. The molecule has 0 spiro atoms. The maximum atomic E-state index is 9.76. The maximum absolute atomic E-state index is 9.76. The molecule has 13 heavy (non-hydrogen) atoms. The topological polar surface area (TPSA) is 41.5 Å². The van der Waals surface area contributed by atoms with E-state index < -0.39 is 0 Å². The Kier molecular flexibility index (Phi) is 4.70. The molecule has 0 radical (unpaired) electrons. The monoisotopic (exact) mass is 187 g/mol. The molecule has 3 atom stereocenters. The highest BCUT2D eigenvalue weighted by Gasteiger charge is 2.24. The van der Waals surface area contributed by atoms with Crippen molar-refractivity contribution in [3.8, 4) is 0 Å². The van der Waals surface area contributed by atoms with Gasteiger partial charge in [0.2, 0.25) is 0 Å². The molecule has 0 aromatic carbocycles. The second-order valence-electron chi connectivity index (χ2n) is 3.85. The number of morpholine rings is 1. The van der Waals surface area contributed by atoms with Crippen molar-refractivity contribution in [2.75, 3.05) is 13.1 Å². The molecular formula is C10H21NO2. The second-order valence-corrected chi connectivity index (χ2v) is 3.85. The maximum Gasteiger partial charge on any atom is 0.0962 e. The smallest absolute Gasteiger partial charge is 0.0962 e. The van der Waals surface area contributed by atoms with Crippen LogP contribution in [0.3, 0.4) is 0 Å². The summed E-state index contributed by atoms with van der Waals surface area (Å²) in [5.41, 5.74) is 0. The Hall–Kier alpha value is -0.120. The van der Waals surface area contributed by atoms with Crippen molar-refractivity contribution in [2.45, 2.75) is 51.4 Å². The first kappa shape index (κ1) is 11.0. The highest BCUT2D eigenvalue weighted by molar-refractivity contribution is 4.77. The van der Waals surface area contributed by atoms with Gasteiger partial charge in [-0.3, -0.25) is 0 Å². The van der Waals surface area contributed by atoms with Crippen LogP contribution in [0.4, 0.5) is 0 Å². The number of aliphatic hydroxyl groups is 1. The fraction of sp³-hybridized carbons (Fsp3) is 1.00. The third kappa shape index (κ3) is 3.63. The molecule has 0 aromatic heterocycles. The number of ether oxygens (including phenoxy) is 1. The summed E-state index contributed by atoms with van der Waals surface area (Å²) in [4.78, 5) is 0. The molecule has 1 rings (SSSR count). The summed E-state index contributed by atoms with van der Waals surface area (Å²) >= 11 is 0. The third-order valence-electron chi connectivity index (χ3n) is 2.47. The Morgan fingerprint density at radius 1 is 1.54 bits per heavy atom. The zero-order chi connectivity index (χ0) is 9.68. The number of aliphatic hydroxyl groups excluding tert-OH is 1. The van der Waals surface area contributed by atoms with Gasteiger partial charge in [0.1, 0.15) is 0 Å². The zero-order valence-corrected chi connectivity index (χ0v) is 8.62. The van der Waals surface area contributed by atoms with Gasteiger partial charge in [-0.2, -0.15) is 0 Å². The van der Waals surface area contributed by atoms with E-state index in [9.17, 15) is 5.11 Å². The van der Waals surface area contributed by atoms with Crippen LogP contribution in [0.15, 0.2) is 0 Å². The fourth-order valence-electron chi connectivity index (χ4n) is 1.65. The molecule has 0 saturated carbocycles. The summed E-state index contributed by atoms with van der Waals surface area (Å²) in [5, 5.41) is 13.0. The Morgan fingerprint density at radius 3 is 2.92 bits per heavy atom. The molecule has 0 aliphatic carbocycles. The summed E-state index contributed by atoms with van der Waals surface area (Å²) in [5.74, 6) is 0. The summed E-state index contributed by atoms with van der Waals surface area (Å²) < 4.78 is 5.63. The molecule has 0 amide bonds. The van der Waals surface area contributed by atoms with E-state index in [1.807, 2.05) is 6.92 Å². The molecule has 3 heteroatoms. The third-order valence-corrected chi connectivity index (χ3v) is 2.47. The summed E-state index contributed by atoms with van der Waals surface area (Å²) in [6, 6.07) is 0. The van der Waals surface area contributed by atoms with E-state index in [4.69, 9.17) is 4.74 Å². The van der Waals surface area contributed by atoms with Gasteiger partial charge in [-0.15, -0.1) is 0 Å². The lowest BCUT2D eigenvalue weighted by atomic mass is 10.1. The fourth-order valence-corrected chi connectivity index (χ4v) is 1.65. The van der Waals surface area contributed by atoms with E-state index in [0.29, 0.717) is 0 Å². The number of unbranched alkanes of at least 4 members (excludes halogenated alkanes) is 1. The van der Waals surface area contributed by atoms with Crippen LogP contribution in [0.1, 0.15) is 33.1 Å². The van der Waals surface area contributed by atoms with Gasteiger partial charge in [-0.25, -0.2) is 0 Å². The lowest BCUT2D eigenvalue weighted by molar-refractivity contribution is -0.0903. The van der Waals surface area contributed by atoms with E-state index >= 15 is 0 Å². The van der Waals surface area contributed by atoms with Gasteiger partial charge in [0, 0.05) is 13.1 Å². The first-order valence-electron chi connectivity index (χ1n) is 5.28. The average Bonchev–Trinajstić information content (AvgIpc) is 2.14. The van der Waals surface area contributed by atoms with Crippen LogP contribution in [-0.2, 0) is 4.74 Å². The van der Waals surface area contributed by atoms with Crippen molar-refractivity contribution >= 4 is 0 Å². The largest absolute Gasteiger partial charge is 0.390 e. The minimum absolute atomic E-state index is 0.00435. The standard InChI is InChI=1S/C10H21NO2/c1-3-4-5-9(12)10-7-11-6-8(2)13-10/h8-12H,3-7H2,1-2H3/t8-,9+,10-/m1/s1. The van der Waals surface area contributed by atoms with Crippen LogP contribution in [0.25, 0.3) is 0 Å². The summed E-state index contributed by atoms with van der Waals surface area (Å²) in [7, 11) is 0. The van der Waals surface area contributed by atoms with Crippen LogP contribution in [0, 0.1) is 0 Å². The molecule has 0 unspecified atom stereocenters. The van der Waals surface area contributed by atoms with Crippen LogP contribution >= 0.6 is 0 Å². The van der Waals surface area contributed by atoms with Gasteiger partial charge in [0.25, 0.3) is 0 Å². The van der Waals surface area contributed by atoms with E-state index in [0.717, 1.165) is 32.4 Å². The second kappa shape index (κ2) is 5.58. The average molecular weight is 187 g/mol. The Labute approximate surface area is 80.5 Å². The Balaban J connectivity index is 2.24. The number of rotatable bonds is 4. The highest BCUT2D eigenvalue weighted by Crippen LogP contribution is 2.12. The minimum atomic E-state index is -0.296. The molecule has 1 saturated heterocycles. The molecule has 0 aromatic rings. The van der Waals surface area contributed by atoms with Gasteiger partial charge < -0.3 is 15.2 Å². The van der Waals surface area contributed by atoms with Crippen molar-refractivity contribution < 1.29 is 9.84 Å². The molecule has 1 aliphatic heterocycles. The molecule has 1 fully saturated rings. The van der Waals surface area contributed by atoms with E-state index in [2.05, 4.69) is 12.2 Å². The lowest BCUT2D eigenvalue weighted by Crippen LogP contribution is -2.48. The predicted molar refractivity (Wildman–Crippen MR) is 52.7 cm³/mol. The quantitative estimate of drug-likeness (QED) is 0.687. The molecule has 78 valence electrons. The first-order chi connectivity index (χ1) is 6.24. The van der Waals surface area contributed by atoms with Crippen LogP contribution in [0.5, 0.6) is 0 Å². The minimum Gasteiger partial charge on any atom is -0.390 e. The predicted octanol–water partition coefficient (Wildman–Crippen LogP) is 0.914. The highest BCUT2D eigenvalue weighted by atomic mass is 16.5. The van der Waals surface area contributed by atoms with Gasteiger partial charge in [-0.05, 0) is 13.3 Å². The van der Waals surface area contributed by atoms with E-state index in [1.54, 1.807) is 0 Å². The number of hydrogen-bond acceptors (Lipinski definition) is 3. The van der Waals surface area contributed by atoms with Crippen molar-refractivity contribution in [1.29, 1.82) is 0 Å². The summed E-state index contributed by atoms with van der Waals surface area (Å²) in [6.45, 7) is 5.85. The molecule has 2 N–H and O–H groups in total. The molecule has 1 aliphatic rings. The van der Waals surface area contributed by atoms with Crippen LogP contribution in [-0.4, -0.2) is 36.5 Å².